The van der Waals surface area contributed by atoms with Crippen LogP contribution in [0.15, 0.2) is 72.9 Å². The molecule has 2 aromatic heterocycles. The number of pyridine rings is 2. The van der Waals surface area contributed by atoms with Crippen LogP contribution in [-0.2, 0) is 9.59 Å². The Bertz CT molecular complexity index is 2100. The quantitative estimate of drug-likeness (QED) is 0.0865. The van der Waals surface area contributed by atoms with Crippen molar-refractivity contribution in [2.24, 2.45) is 17.6 Å². The summed E-state index contributed by atoms with van der Waals surface area (Å²) in [4.78, 5) is 37.0. The van der Waals surface area contributed by atoms with Crippen LogP contribution in [0.1, 0.15) is 89.3 Å². The number of alkyl halides is 2. The molecular formula is C46H57F3N8O3. The molecule has 2 atom stereocenters. The average Bonchev–Trinajstić information content (AvgIpc) is 3.22. The number of piperidine rings is 3. The molecule has 2 aromatic carbocycles. The first-order valence-electron chi connectivity index (χ1n) is 21.2. The predicted molar refractivity (Wildman–Crippen MR) is 229 cm³/mol. The van der Waals surface area contributed by atoms with E-state index in [9.17, 15) is 18.4 Å². The van der Waals surface area contributed by atoms with E-state index < -0.39 is 23.7 Å². The fourth-order valence-electron chi connectivity index (χ4n) is 8.84. The van der Waals surface area contributed by atoms with E-state index in [2.05, 4.69) is 73.8 Å². The molecule has 11 nitrogen and oxygen atoms in total. The minimum absolute atomic E-state index is 0.0345. The maximum Gasteiger partial charge on any atom is 0.284 e. The van der Waals surface area contributed by atoms with Gasteiger partial charge < -0.3 is 30.9 Å². The number of hydrogen-bond acceptors (Lipinski definition) is 10. The zero-order chi connectivity index (χ0) is 42.4. The van der Waals surface area contributed by atoms with Crippen LogP contribution in [-0.4, -0.2) is 77.6 Å². The van der Waals surface area contributed by atoms with Gasteiger partial charge in [-0.1, -0.05) is 26.0 Å². The Morgan fingerprint density at radius 3 is 2.35 bits per heavy atom. The van der Waals surface area contributed by atoms with Gasteiger partial charge in [-0.2, -0.15) is 0 Å². The van der Waals surface area contributed by atoms with E-state index in [1.807, 2.05) is 6.92 Å². The molecule has 3 fully saturated rings. The highest BCUT2D eigenvalue weighted by Gasteiger charge is 2.29. The number of nitrogens with one attached hydrogen (secondary N) is 3. The third-order valence-electron chi connectivity index (χ3n) is 11.8. The highest BCUT2D eigenvalue weighted by atomic mass is 19.3. The minimum atomic E-state index is -2.81. The average molecular weight is 827 g/mol. The number of hydrogen-bond donors (Lipinski definition) is 4. The second kappa shape index (κ2) is 19.0. The monoisotopic (exact) mass is 826 g/mol. The Hall–Kier alpha value is -5.21. The van der Waals surface area contributed by atoms with Crippen LogP contribution in [0.5, 0.6) is 5.75 Å². The molecule has 2 amide bonds. The van der Waals surface area contributed by atoms with E-state index in [-0.39, 0.29) is 36.4 Å². The lowest BCUT2D eigenvalue weighted by Gasteiger charge is -2.38. The number of aromatic nitrogens is 2. The standard InChI is InChI=1S/C46H57F3N8O3/c1-29(2)26-46(3,50)28-60-40-12-9-37(54-43(40)44(48)49)33-14-19-51-41(24-33)53-34-6-4-31(5-7-34)32-17-20-56(21-18-32)27-30-15-22-57(23-16-30)39-11-8-35(25-36(39)47)52-38-10-13-42(58)55-45(38)59/h4-9,11-12,14,19,24-25,29-30,32,38,44,52H,10,13,15-18,20-23,26-28,50H2,1-3H3,(H,51,53)(H,55,58,59)/t38?,46-/m0/s1. The Balaban J connectivity index is 0.861. The number of carbonyl (C=O) groups excluding carboxylic acids is 2. The molecule has 0 spiro atoms. The molecule has 0 radical (unpaired) electrons. The van der Waals surface area contributed by atoms with Crippen LogP contribution < -0.4 is 31.3 Å². The van der Waals surface area contributed by atoms with Gasteiger partial charge in [0.2, 0.25) is 11.8 Å². The third kappa shape index (κ3) is 11.1. The van der Waals surface area contributed by atoms with Crippen LogP contribution in [0.2, 0.25) is 0 Å². The number of rotatable bonds is 15. The van der Waals surface area contributed by atoms with Crippen molar-refractivity contribution in [2.45, 2.75) is 89.6 Å². The van der Waals surface area contributed by atoms with Crippen LogP contribution in [0.3, 0.4) is 0 Å². The van der Waals surface area contributed by atoms with E-state index in [1.54, 1.807) is 36.5 Å². The van der Waals surface area contributed by atoms with Gasteiger partial charge in [-0.25, -0.2) is 23.1 Å². The number of anilines is 4. The van der Waals surface area contributed by atoms with Gasteiger partial charge in [0.1, 0.15) is 35.7 Å². The molecule has 0 aliphatic carbocycles. The minimum Gasteiger partial charge on any atom is -0.490 e. The number of nitrogens with two attached hydrogens (primary N) is 1. The van der Waals surface area contributed by atoms with E-state index in [4.69, 9.17) is 10.5 Å². The van der Waals surface area contributed by atoms with Gasteiger partial charge in [-0.15, -0.1) is 0 Å². The van der Waals surface area contributed by atoms with E-state index in [1.165, 1.54) is 17.7 Å². The molecule has 0 saturated carbocycles. The van der Waals surface area contributed by atoms with E-state index >= 15 is 4.39 Å². The summed E-state index contributed by atoms with van der Waals surface area (Å²) < 4.78 is 49.2. The number of halogens is 3. The Kier molecular flexibility index (Phi) is 13.6. The summed E-state index contributed by atoms with van der Waals surface area (Å²) in [5.74, 6) is 1.03. The van der Waals surface area contributed by atoms with Gasteiger partial charge in [0, 0.05) is 54.7 Å². The van der Waals surface area contributed by atoms with E-state index in [0.29, 0.717) is 59.0 Å². The van der Waals surface area contributed by atoms with Gasteiger partial charge in [-0.3, -0.25) is 14.9 Å². The normalized spacial score (nSPS) is 19.4. The fourth-order valence-corrected chi connectivity index (χ4v) is 8.84. The third-order valence-corrected chi connectivity index (χ3v) is 11.8. The summed E-state index contributed by atoms with van der Waals surface area (Å²) in [5.41, 5.74) is 9.62. The van der Waals surface area contributed by atoms with Gasteiger partial charge in [0.05, 0.1) is 11.4 Å². The van der Waals surface area contributed by atoms with Crippen molar-refractivity contribution in [1.82, 2.24) is 20.2 Å². The molecule has 14 heteroatoms. The highest BCUT2D eigenvalue weighted by Crippen LogP contribution is 2.34. The molecular weight excluding hydrogens is 770 g/mol. The largest absolute Gasteiger partial charge is 0.490 e. The lowest BCUT2D eigenvalue weighted by molar-refractivity contribution is -0.133. The highest BCUT2D eigenvalue weighted by molar-refractivity contribution is 6.01. The van der Waals surface area contributed by atoms with Crippen molar-refractivity contribution in [1.29, 1.82) is 0 Å². The second-order valence-electron chi connectivity index (χ2n) is 17.4. The number of nitrogens with zero attached hydrogens (tertiary/aromatic N) is 4. The Morgan fingerprint density at radius 1 is 0.933 bits per heavy atom. The Morgan fingerprint density at radius 2 is 1.67 bits per heavy atom. The van der Waals surface area contributed by atoms with Crippen LogP contribution >= 0.6 is 0 Å². The van der Waals surface area contributed by atoms with E-state index in [0.717, 1.165) is 64.1 Å². The van der Waals surface area contributed by atoms with Crippen LogP contribution in [0.25, 0.3) is 11.3 Å². The lowest BCUT2D eigenvalue weighted by atomic mass is 9.88. The second-order valence-corrected chi connectivity index (χ2v) is 17.4. The van der Waals surface area contributed by atoms with Crippen LogP contribution in [0.4, 0.5) is 36.1 Å². The van der Waals surface area contributed by atoms with Crippen molar-refractivity contribution in [3.05, 3.63) is 90.0 Å². The molecule has 320 valence electrons. The number of likely N-dealkylation sites (tertiary alicyclic amines) is 1. The molecule has 3 aliphatic heterocycles. The Labute approximate surface area is 350 Å². The van der Waals surface area contributed by atoms with Gasteiger partial charge >= 0.3 is 0 Å². The molecule has 5 N–H and O–H groups in total. The molecule has 3 saturated heterocycles. The number of amides is 2. The van der Waals surface area contributed by atoms with Crippen molar-refractivity contribution in [3.8, 4) is 17.0 Å². The molecule has 7 rings (SSSR count). The number of ether oxygens (including phenoxy) is 1. The zero-order valence-corrected chi connectivity index (χ0v) is 34.7. The molecule has 0 bridgehead atoms. The zero-order valence-electron chi connectivity index (χ0n) is 34.7. The lowest BCUT2D eigenvalue weighted by Crippen LogP contribution is -2.47. The molecule has 3 aliphatic rings. The van der Waals surface area contributed by atoms with Gasteiger partial charge in [-0.05, 0) is 136 Å². The smallest absolute Gasteiger partial charge is 0.284 e. The summed E-state index contributed by atoms with van der Waals surface area (Å²) in [7, 11) is 0. The van der Waals surface area contributed by atoms with Gasteiger partial charge in [0.25, 0.3) is 6.43 Å². The summed E-state index contributed by atoms with van der Waals surface area (Å²) in [6.07, 6.45) is 4.35. The number of carbonyl (C=O) groups is 2. The molecule has 5 heterocycles. The predicted octanol–water partition coefficient (Wildman–Crippen LogP) is 8.42. The first-order chi connectivity index (χ1) is 28.8. The summed E-state index contributed by atoms with van der Waals surface area (Å²) in [6.45, 7) is 10.8. The van der Waals surface area contributed by atoms with Crippen molar-refractivity contribution in [2.75, 3.05) is 54.9 Å². The first-order valence-corrected chi connectivity index (χ1v) is 21.2. The summed E-state index contributed by atoms with van der Waals surface area (Å²) in [5, 5.41) is 8.74. The summed E-state index contributed by atoms with van der Waals surface area (Å²) >= 11 is 0. The topological polar surface area (TPSA) is 138 Å². The van der Waals surface area contributed by atoms with Crippen molar-refractivity contribution < 1.29 is 27.5 Å². The maximum absolute atomic E-state index is 15.2. The van der Waals surface area contributed by atoms with Crippen molar-refractivity contribution >= 4 is 34.7 Å². The summed E-state index contributed by atoms with van der Waals surface area (Å²) in [6, 6.07) is 19.7. The maximum atomic E-state index is 15.2. The first kappa shape index (κ1) is 42.9. The molecule has 1 unspecified atom stereocenters. The van der Waals surface area contributed by atoms with Crippen molar-refractivity contribution in [3.63, 3.8) is 0 Å². The van der Waals surface area contributed by atoms with Crippen LogP contribution in [0, 0.1) is 17.7 Å². The fraction of sp³-hybridized carbons (Fsp3) is 0.478. The van der Waals surface area contributed by atoms with Gasteiger partial charge in [0.15, 0.2) is 0 Å². The number of benzene rings is 2. The molecule has 60 heavy (non-hydrogen) atoms. The number of imide groups is 1. The molecule has 4 aromatic rings. The SMILES string of the molecule is CC(C)C[C@](C)(N)COc1ccc(-c2ccnc(Nc3ccc(C4CCN(CC5CCN(c6ccc(NC7CCC(=O)NC7=O)cc6F)CC5)CC4)cc3)c2)nc1C(F)F.